The smallest absolute Gasteiger partial charge is 0.296 e. The van der Waals surface area contributed by atoms with Crippen LogP contribution in [-0.2, 0) is 21.9 Å². The number of amides is 1. The minimum absolute atomic E-state index is 0.0866. The van der Waals surface area contributed by atoms with E-state index in [-0.39, 0.29) is 27.6 Å². The molecule has 0 unspecified atom stereocenters. The predicted octanol–water partition coefficient (Wildman–Crippen LogP) is 2.54. The number of nitrogens with zero attached hydrogens (tertiary/aromatic N) is 4. The Balaban J connectivity index is 1.72. The van der Waals surface area contributed by atoms with E-state index < -0.39 is 28.0 Å². The Hall–Kier alpha value is -4.84. The number of phenolic OH excluding ortho intramolecular Hbond substituents is 1. The number of ether oxygens (including phenoxy) is 1. The number of hydrazone groups is 1. The number of rotatable bonds is 9. The van der Waals surface area contributed by atoms with E-state index in [1.807, 2.05) is 0 Å². The van der Waals surface area contributed by atoms with E-state index >= 15 is 0 Å². The molecule has 0 radical (unpaired) electrons. The van der Waals surface area contributed by atoms with Gasteiger partial charge in [-0.2, -0.15) is 5.10 Å². The number of anilines is 1. The topological polar surface area (TPSA) is 135 Å². The molecule has 1 heterocycles. The van der Waals surface area contributed by atoms with Crippen LogP contribution in [0.2, 0.25) is 0 Å². The van der Waals surface area contributed by atoms with Crippen molar-refractivity contribution in [2.75, 3.05) is 18.0 Å². The van der Waals surface area contributed by atoms with E-state index in [4.69, 9.17) is 4.74 Å². The number of aromatic nitrogens is 2. The lowest BCUT2D eigenvalue weighted by molar-refractivity contribution is -0.119. The van der Waals surface area contributed by atoms with Gasteiger partial charge in [0.25, 0.3) is 21.5 Å². The Labute approximate surface area is 225 Å². The zero-order chi connectivity index (χ0) is 28.2. The minimum Gasteiger partial charge on any atom is -0.504 e. The van der Waals surface area contributed by atoms with Crippen molar-refractivity contribution in [3.8, 4) is 17.2 Å². The number of methoxy groups -OCH3 is 1. The van der Waals surface area contributed by atoms with Gasteiger partial charge in [0.05, 0.1) is 29.6 Å². The van der Waals surface area contributed by atoms with Crippen LogP contribution in [0.15, 0.2) is 93.7 Å². The lowest BCUT2D eigenvalue weighted by atomic mass is 10.2. The van der Waals surface area contributed by atoms with Gasteiger partial charge < -0.3 is 9.84 Å². The van der Waals surface area contributed by atoms with Crippen molar-refractivity contribution >= 4 is 27.8 Å². The highest BCUT2D eigenvalue weighted by Crippen LogP contribution is 2.28. The Morgan fingerprint density at radius 1 is 1.05 bits per heavy atom. The van der Waals surface area contributed by atoms with Crippen LogP contribution in [0.3, 0.4) is 0 Å². The average molecular weight is 550 g/mol. The molecule has 1 aromatic heterocycles. The molecule has 0 bridgehead atoms. The maximum Gasteiger partial charge on any atom is 0.296 e. The van der Waals surface area contributed by atoms with Gasteiger partial charge in [-0.1, -0.05) is 42.5 Å². The molecule has 0 atom stereocenters. The number of hydrogen-bond donors (Lipinski definition) is 2. The monoisotopic (exact) mass is 549 g/mol. The molecule has 11 nitrogen and oxygen atoms in total. The summed E-state index contributed by atoms with van der Waals surface area (Å²) in [6.07, 6.45) is 1.20. The normalized spacial score (nSPS) is 11.5. The number of aromatic hydroxyl groups is 1. The summed E-state index contributed by atoms with van der Waals surface area (Å²) in [6.45, 7) is 0.874. The molecule has 0 saturated carbocycles. The summed E-state index contributed by atoms with van der Waals surface area (Å²) >= 11 is 0. The zero-order valence-corrected chi connectivity index (χ0v) is 22.3. The molecular weight excluding hydrogens is 522 g/mol. The summed E-state index contributed by atoms with van der Waals surface area (Å²) in [5, 5.41) is 14.1. The van der Waals surface area contributed by atoms with E-state index in [2.05, 4.69) is 10.5 Å². The van der Waals surface area contributed by atoms with Crippen LogP contribution in [0.4, 0.5) is 5.69 Å². The predicted molar refractivity (Wildman–Crippen MR) is 147 cm³/mol. The summed E-state index contributed by atoms with van der Waals surface area (Å²) in [7, 11) is -1.31. The second-order valence-electron chi connectivity index (χ2n) is 8.43. The number of phenols is 1. The lowest BCUT2D eigenvalue weighted by Gasteiger charge is -2.22. The Morgan fingerprint density at radius 2 is 1.69 bits per heavy atom. The van der Waals surface area contributed by atoms with Gasteiger partial charge in [-0.3, -0.25) is 14.3 Å². The number of para-hydroxylation sites is 2. The molecule has 3 aromatic carbocycles. The Bertz CT molecular complexity index is 1680. The second-order valence-corrected chi connectivity index (χ2v) is 10.3. The third-order valence-electron chi connectivity index (χ3n) is 6.03. The quantitative estimate of drug-likeness (QED) is 0.243. The third-order valence-corrected chi connectivity index (χ3v) is 7.79. The molecule has 0 aliphatic rings. The maximum atomic E-state index is 13.7. The second kappa shape index (κ2) is 11.3. The van der Waals surface area contributed by atoms with Crippen LogP contribution in [0, 0.1) is 6.92 Å². The number of carbonyl (C=O) groups is 1. The number of nitrogens with one attached hydrogen (secondary N) is 1. The first-order chi connectivity index (χ1) is 18.7. The first-order valence-corrected chi connectivity index (χ1v) is 13.2. The van der Waals surface area contributed by atoms with Gasteiger partial charge in [-0.25, -0.2) is 22.8 Å². The molecule has 0 aliphatic carbocycles. The van der Waals surface area contributed by atoms with Crippen LogP contribution in [0.25, 0.3) is 5.69 Å². The van der Waals surface area contributed by atoms with E-state index in [0.29, 0.717) is 11.4 Å². The number of carbonyl (C=O) groups excluding carboxylic acids is 1. The highest BCUT2D eigenvalue weighted by molar-refractivity contribution is 7.92. The fraction of sp³-hybridized carbons (Fsp3) is 0.148. The maximum absolute atomic E-state index is 13.7. The molecular formula is C27H27N5O6S. The molecule has 12 heteroatoms. The van der Waals surface area contributed by atoms with E-state index in [0.717, 1.165) is 4.31 Å². The Kier molecular flexibility index (Phi) is 7.86. The van der Waals surface area contributed by atoms with Crippen molar-refractivity contribution in [3.05, 3.63) is 100 Å². The van der Waals surface area contributed by atoms with Crippen molar-refractivity contribution in [2.45, 2.75) is 11.8 Å². The summed E-state index contributed by atoms with van der Waals surface area (Å²) < 4.78 is 36.2. The van der Waals surface area contributed by atoms with E-state index in [1.165, 1.54) is 34.8 Å². The summed E-state index contributed by atoms with van der Waals surface area (Å²) in [6, 6.07) is 21.0. The summed E-state index contributed by atoms with van der Waals surface area (Å²) in [4.78, 5) is 26.5. The SMILES string of the molecule is COc1cccc(/C=N/NC(=O)CN(c2c(C)n(C)n(-c3ccccc3)c2=O)S(=O)(=O)c2ccccc2)c1O. The molecule has 0 aliphatic heterocycles. The Morgan fingerprint density at radius 3 is 2.33 bits per heavy atom. The van der Waals surface area contributed by atoms with Gasteiger partial charge in [0, 0.05) is 12.6 Å². The average Bonchev–Trinajstić information content (AvgIpc) is 3.16. The summed E-state index contributed by atoms with van der Waals surface area (Å²) in [5.74, 6) is -0.755. The van der Waals surface area contributed by atoms with Crippen LogP contribution < -0.4 is 20.0 Å². The zero-order valence-electron chi connectivity index (χ0n) is 21.5. The van der Waals surface area contributed by atoms with Crippen LogP contribution in [-0.4, -0.2) is 48.7 Å². The van der Waals surface area contributed by atoms with Crippen molar-refractivity contribution in [1.82, 2.24) is 14.8 Å². The van der Waals surface area contributed by atoms with Gasteiger partial charge in [0.15, 0.2) is 11.5 Å². The van der Waals surface area contributed by atoms with Crippen molar-refractivity contribution < 1.29 is 23.1 Å². The molecule has 202 valence electrons. The molecule has 0 fully saturated rings. The van der Waals surface area contributed by atoms with Crippen LogP contribution >= 0.6 is 0 Å². The molecule has 39 heavy (non-hydrogen) atoms. The number of sulfonamides is 1. The largest absolute Gasteiger partial charge is 0.504 e. The van der Waals surface area contributed by atoms with Crippen LogP contribution in [0.5, 0.6) is 11.5 Å². The third kappa shape index (κ3) is 5.41. The van der Waals surface area contributed by atoms with Gasteiger partial charge in [-0.05, 0) is 43.3 Å². The molecule has 1 amide bonds. The standard InChI is InChI=1S/C27H27N5O6S/c1-19-25(27(35)32(30(19)2)21-12-6-4-7-13-21)31(39(36,37)22-14-8-5-9-15-22)18-24(33)29-28-17-20-11-10-16-23(38-3)26(20)34/h4-17,34H,18H2,1-3H3,(H,29,33)/b28-17+. The van der Waals surface area contributed by atoms with Gasteiger partial charge in [0.2, 0.25) is 0 Å². The van der Waals surface area contributed by atoms with Crippen molar-refractivity contribution in [2.24, 2.45) is 12.1 Å². The highest BCUT2D eigenvalue weighted by Gasteiger charge is 2.33. The molecule has 2 N–H and O–H groups in total. The fourth-order valence-corrected chi connectivity index (χ4v) is 5.49. The van der Waals surface area contributed by atoms with Gasteiger partial charge >= 0.3 is 0 Å². The highest BCUT2D eigenvalue weighted by atomic mass is 32.2. The molecule has 4 rings (SSSR count). The first-order valence-electron chi connectivity index (χ1n) is 11.8. The number of benzene rings is 3. The molecule has 4 aromatic rings. The van der Waals surface area contributed by atoms with Crippen molar-refractivity contribution in [3.63, 3.8) is 0 Å². The molecule has 0 saturated heterocycles. The summed E-state index contributed by atoms with van der Waals surface area (Å²) in [5.41, 5.74) is 2.62. The number of hydrogen-bond acceptors (Lipinski definition) is 7. The minimum atomic E-state index is -4.34. The van der Waals surface area contributed by atoms with Crippen LogP contribution in [0.1, 0.15) is 11.3 Å². The van der Waals surface area contributed by atoms with Gasteiger partial charge in [0.1, 0.15) is 12.2 Å². The van der Waals surface area contributed by atoms with E-state index in [9.17, 15) is 23.1 Å². The fourth-order valence-electron chi connectivity index (χ4n) is 3.99. The lowest BCUT2D eigenvalue weighted by Crippen LogP contribution is -2.42. The van der Waals surface area contributed by atoms with Crippen molar-refractivity contribution in [1.29, 1.82) is 0 Å². The first kappa shape index (κ1) is 27.2. The van der Waals surface area contributed by atoms with Gasteiger partial charge in [-0.15, -0.1) is 0 Å². The van der Waals surface area contributed by atoms with E-state index in [1.54, 1.807) is 80.7 Å². The molecule has 0 spiro atoms.